The van der Waals surface area contributed by atoms with Gasteiger partial charge in [-0.1, -0.05) is 13.8 Å². The third kappa shape index (κ3) is 1.80. The maximum Gasteiger partial charge on any atom is 0.0665 e. The van der Waals surface area contributed by atoms with E-state index in [9.17, 15) is 5.11 Å². The lowest BCUT2D eigenvalue weighted by molar-refractivity contribution is -0.111. The molecular formula is C21H32N2O. The molecule has 0 amide bonds. The number of rotatable bonds is 0. The van der Waals surface area contributed by atoms with Crippen LogP contribution in [0.5, 0.6) is 0 Å². The van der Waals surface area contributed by atoms with Gasteiger partial charge in [-0.15, -0.1) is 0 Å². The van der Waals surface area contributed by atoms with Crippen molar-refractivity contribution in [3.8, 4) is 0 Å². The van der Waals surface area contributed by atoms with E-state index in [1.165, 1.54) is 49.9 Å². The van der Waals surface area contributed by atoms with Crippen molar-refractivity contribution in [2.75, 3.05) is 0 Å². The van der Waals surface area contributed by atoms with Crippen LogP contribution in [0.3, 0.4) is 0 Å². The van der Waals surface area contributed by atoms with Crippen molar-refractivity contribution in [2.45, 2.75) is 83.7 Å². The monoisotopic (exact) mass is 328 g/mol. The second kappa shape index (κ2) is 4.87. The summed E-state index contributed by atoms with van der Waals surface area (Å²) in [5, 5.41) is 18.1. The van der Waals surface area contributed by atoms with Crippen LogP contribution >= 0.6 is 0 Å². The summed E-state index contributed by atoms with van der Waals surface area (Å²) in [6.07, 6.45) is 9.92. The molecule has 3 fully saturated rings. The summed E-state index contributed by atoms with van der Waals surface area (Å²) in [5.74, 6) is 3.29. The molecule has 0 unspecified atom stereocenters. The van der Waals surface area contributed by atoms with Crippen LogP contribution < -0.4 is 0 Å². The van der Waals surface area contributed by atoms with Crippen LogP contribution in [0.25, 0.3) is 0 Å². The van der Waals surface area contributed by atoms with Gasteiger partial charge < -0.3 is 5.11 Å². The third-order valence-electron chi connectivity index (χ3n) is 9.03. The fourth-order valence-corrected chi connectivity index (χ4v) is 7.84. The Morgan fingerprint density at radius 1 is 1.08 bits per heavy atom. The summed E-state index contributed by atoms with van der Waals surface area (Å²) in [4.78, 5) is 0. The Balaban J connectivity index is 1.50. The van der Waals surface area contributed by atoms with Gasteiger partial charge >= 0.3 is 0 Å². The zero-order chi connectivity index (χ0) is 16.7. The number of aromatic nitrogens is 2. The number of H-pyrrole nitrogens is 1. The Labute approximate surface area is 145 Å². The van der Waals surface area contributed by atoms with Gasteiger partial charge in [0.05, 0.1) is 11.8 Å². The van der Waals surface area contributed by atoms with Crippen LogP contribution in [0.2, 0.25) is 0 Å². The Morgan fingerprint density at radius 2 is 1.92 bits per heavy atom. The van der Waals surface area contributed by atoms with E-state index in [0.717, 1.165) is 36.5 Å². The summed E-state index contributed by atoms with van der Waals surface area (Å²) in [6.45, 7) is 7.32. The van der Waals surface area contributed by atoms with Crippen molar-refractivity contribution in [2.24, 2.45) is 29.1 Å². The third-order valence-corrected chi connectivity index (χ3v) is 9.03. The second-order valence-corrected chi connectivity index (χ2v) is 9.92. The molecule has 0 radical (unpaired) electrons. The van der Waals surface area contributed by atoms with Crippen LogP contribution in [0.4, 0.5) is 0 Å². The van der Waals surface area contributed by atoms with Crippen molar-refractivity contribution in [3.63, 3.8) is 0 Å². The van der Waals surface area contributed by atoms with Gasteiger partial charge in [0.25, 0.3) is 0 Å². The fraction of sp³-hybridized carbons (Fsp3) is 0.857. The van der Waals surface area contributed by atoms with Crippen molar-refractivity contribution >= 4 is 0 Å². The minimum atomic E-state index is -0.0347. The number of aliphatic hydroxyl groups is 1. The molecule has 0 aromatic carbocycles. The Bertz CT molecular complexity index is 667. The van der Waals surface area contributed by atoms with Crippen LogP contribution in [0, 0.1) is 36.0 Å². The van der Waals surface area contributed by atoms with Crippen LogP contribution in [-0.2, 0) is 11.8 Å². The number of hydrogen-bond donors (Lipinski definition) is 2. The zero-order valence-electron chi connectivity index (χ0n) is 15.4. The smallest absolute Gasteiger partial charge is 0.0665 e. The van der Waals surface area contributed by atoms with E-state index >= 15 is 0 Å². The number of fused-ring (bicyclic) bond motifs is 7. The van der Waals surface area contributed by atoms with Crippen LogP contribution in [0.15, 0.2) is 0 Å². The molecule has 0 saturated heterocycles. The molecule has 5 rings (SSSR count). The highest BCUT2D eigenvalue weighted by molar-refractivity contribution is 5.40. The predicted molar refractivity (Wildman–Crippen MR) is 94.8 cm³/mol. The Hall–Kier alpha value is -0.830. The number of hydrogen-bond acceptors (Lipinski definition) is 2. The summed E-state index contributed by atoms with van der Waals surface area (Å²) in [6, 6.07) is 0. The molecule has 132 valence electrons. The van der Waals surface area contributed by atoms with E-state index in [0.29, 0.717) is 10.8 Å². The molecule has 1 aromatic heterocycles. The molecule has 3 saturated carbocycles. The maximum atomic E-state index is 10.2. The quantitative estimate of drug-likeness (QED) is 0.752. The lowest BCUT2D eigenvalue weighted by Gasteiger charge is -2.60. The van der Waals surface area contributed by atoms with E-state index in [2.05, 4.69) is 31.0 Å². The largest absolute Gasteiger partial charge is 0.393 e. The highest BCUT2D eigenvalue weighted by atomic mass is 16.3. The molecule has 4 aliphatic carbocycles. The second-order valence-electron chi connectivity index (χ2n) is 9.92. The lowest BCUT2D eigenvalue weighted by atomic mass is 9.45. The van der Waals surface area contributed by atoms with Crippen molar-refractivity contribution in [1.29, 1.82) is 0 Å². The first-order valence-electron chi connectivity index (χ1n) is 10.2. The standard InChI is InChI=1S/C21H32N2O/c1-12-19-18(23-22-12)11-17-15-5-4-13-10-14(24)6-8-20(13,2)16(15)7-9-21(17,19)3/h13-17,24H,4-11H2,1-3H3,(H,22,23)/t13-,14-,15+,16+,17+,20-,21-/m0/s1. The Morgan fingerprint density at radius 3 is 2.75 bits per heavy atom. The molecule has 1 heterocycles. The van der Waals surface area contributed by atoms with Gasteiger partial charge in [-0.25, -0.2) is 0 Å². The van der Waals surface area contributed by atoms with Crippen molar-refractivity contribution in [3.05, 3.63) is 17.0 Å². The molecule has 4 aliphatic rings. The maximum absolute atomic E-state index is 10.2. The average Bonchev–Trinajstić information content (AvgIpc) is 3.06. The van der Waals surface area contributed by atoms with Crippen molar-refractivity contribution < 1.29 is 5.11 Å². The molecule has 0 spiro atoms. The molecule has 24 heavy (non-hydrogen) atoms. The summed E-state index contributed by atoms with van der Waals surface area (Å²) >= 11 is 0. The van der Waals surface area contributed by atoms with Crippen LogP contribution in [-0.4, -0.2) is 21.4 Å². The van der Waals surface area contributed by atoms with E-state index in [1.807, 2.05) is 0 Å². The first-order chi connectivity index (χ1) is 11.4. The van der Waals surface area contributed by atoms with Crippen molar-refractivity contribution in [1.82, 2.24) is 10.2 Å². The molecule has 0 bridgehead atoms. The molecule has 3 heteroatoms. The molecule has 2 N–H and O–H groups in total. The van der Waals surface area contributed by atoms with E-state index < -0.39 is 0 Å². The minimum Gasteiger partial charge on any atom is -0.393 e. The molecule has 1 aromatic rings. The fourth-order valence-electron chi connectivity index (χ4n) is 7.84. The first-order valence-corrected chi connectivity index (χ1v) is 10.2. The molecule has 3 nitrogen and oxygen atoms in total. The van der Waals surface area contributed by atoms with Crippen LogP contribution in [0.1, 0.15) is 75.7 Å². The highest BCUT2D eigenvalue weighted by Gasteiger charge is 2.59. The van der Waals surface area contributed by atoms with E-state index in [4.69, 9.17) is 0 Å². The number of nitrogens with one attached hydrogen (secondary N) is 1. The normalized spacial score (nSPS) is 49.9. The lowest BCUT2D eigenvalue weighted by Crippen LogP contribution is -2.54. The zero-order valence-corrected chi connectivity index (χ0v) is 15.4. The number of nitrogens with zero attached hydrogens (tertiary/aromatic N) is 1. The number of aromatic amines is 1. The van der Waals surface area contributed by atoms with Gasteiger partial charge in [0.1, 0.15) is 0 Å². The van der Waals surface area contributed by atoms with Gasteiger partial charge in [-0.2, -0.15) is 5.10 Å². The average molecular weight is 329 g/mol. The predicted octanol–water partition coefficient (Wildman–Crippen LogP) is 4.14. The number of aliphatic hydroxyl groups excluding tert-OH is 1. The summed E-state index contributed by atoms with van der Waals surface area (Å²) < 4.78 is 0. The topological polar surface area (TPSA) is 48.9 Å². The number of aryl methyl sites for hydroxylation is 1. The van der Waals surface area contributed by atoms with E-state index in [1.54, 1.807) is 5.56 Å². The first kappa shape index (κ1) is 15.4. The van der Waals surface area contributed by atoms with Gasteiger partial charge in [0.2, 0.25) is 0 Å². The molecular weight excluding hydrogens is 296 g/mol. The molecule has 0 aliphatic heterocycles. The minimum absolute atomic E-state index is 0.0347. The van der Waals surface area contributed by atoms with Gasteiger partial charge in [0.15, 0.2) is 0 Å². The Kier molecular flexibility index (Phi) is 3.13. The molecule has 7 atom stereocenters. The highest BCUT2D eigenvalue weighted by Crippen LogP contribution is 2.65. The van der Waals surface area contributed by atoms with Gasteiger partial charge in [-0.05, 0) is 92.8 Å². The summed E-state index contributed by atoms with van der Waals surface area (Å²) in [5.41, 5.74) is 5.08. The summed E-state index contributed by atoms with van der Waals surface area (Å²) in [7, 11) is 0. The van der Waals surface area contributed by atoms with Gasteiger partial charge in [0, 0.05) is 11.3 Å². The van der Waals surface area contributed by atoms with Gasteiger partial charge in [-0.3, -0.25) is 5.10 Å². The SMILES string of the molecule is Cc1[nH]nc2c1[C@@]1(C)CC[C@@H]3[C@@H](CC[C@H]4C[C@@H](O)CC[C@@]43C)[C@H]1C2. The van der Waals surface area contributed by atoms with E-state index in [-0.39, 0.29) is 6.10 Å².